The van der Waals surface area contributed by atoms with E-state index in [-0.39, 0.29) is 5.91 Å². The molecule has 0 spiro atoms. The topological polar surface area (TPSA) is 38.8 Å². The predicted octanol–water partition coefficient (Wildman–Crippen LogP) is 2.96. The molecular formula is C17H25NO3. The highest BCUT2D eigenvalue weighted by atomic mass is 16.5. The van der Waals surface area contributed by atoms with E-state index in [0.29, 0.717) is 17.9 Å². The number of rotatable bonds is 4. The number of amides is 1. The van der Waals surface area contributed by atoms with Crippen LogP contribution < -0.4 is 9.47 Å². The van der Waals surface area contributed by atoms with Crippen molar-refractivity contribution in [3.8, 4) is 11.5 Å². The fourth-order valence-electron chi connectivity index (χ4n) is 2.81. The Morgan fingerprint density at radius 1 is 1.05 bits per heavy atom. The van der Waals surface area contributed by atoms with E-state index in [1.165, 1.54) is 12.8 Å². The van der Waals surface area contributed by atoms with Gasteiger partial charge in [0.05, 0.1) is 20.6 Å². The van der Waals surface area contributed by atoms with Crippen molar-refractivity contribution >= 4 is 5.91 Å². The molecule has 0 saturated carbocycles. The van der Waals surface area contributed by atoms with E-state index in [2.05, 4.69) is 0 Å². The van der Waals surface area contributed by atoms with Crippen LogP contribution in [0.3, 0.4) is 0 Å². The third-order valence-electron chi connectivity index (χ3n) is 4.14. The van der Waals surface area contributed by atoms with Crippen LogP contribution in [0.1, 0.15) is 36.8 Å². The number of carbonyl (C=O) groups is 1. The minimum Gasteiger partial charge on any atom is -0.493 e. The van der Waals surface area contributed by atoms with E-state index in [4.69, 9.17) is 9.47 Å². The molecule has 0 aromatic heterocycles. The minimum absolute atomic E-state index is 0.215. The molecule has 1 aromatic carbocycles. The zero-order valence-corrected chi connectivity index (χ0v) is 13.3. The van der Waals surface area contributed by atoms with Crippen molar-refractivity contribution < 1.29 is 14.3 Å². The average molecular weight is 291 g/mol. The monoisotopic (exact) mass is 291 g/mol. The maximum atomic E-state index is 12.5. The molecule has 0 unspecified atom stereocenters. The highest BCUT2D eigenvalue weighted by Gasteiger charge is 2.18. The number of ether oxygens (including phenoxy) is 2. The lowest BCUT2D eigenvalue weighted by Crippen LogP contribution is -2.33. The van der Waals surface area contributed by atoms with E-state index < -0.39 is 0 Å². The largest absolute Gasteiger partial charge is 0.493 e. The van der Waals surface area contributed by atoms with Gasteiger partial charge in [-0.3, -0.25) is 4.79 Å². The Morgan fingerprint density at radius 2 is 1.62 bits per heavy atom. The first-order valence-corrected chi connectivity index (χ1v) is 7.65. The molecule has 0 N–H and O–H groups in total. The van der Waals surface area contributed by atoms with E-state index in [9.17, 15) is 4.79 Å². The summed E-state index contributed by atoms with van der Waals surface area (Å²) in [6, 6.07) is 3.85. The van der Waals surface area contributed by atoms with Gasteiger partial charge >= 0.3 is 0 Å². The quantitative estimate of drug-likeness (QED) is 0.856. The number of methoxy groups -OCH3 is 2. The van der Waals surface area contributed by atoms with Gasteiger partial charge in [0.15, 0.2) is 11.5 Å². The molecule has 1 saturated heterocycles. The predicted molar refractivity (Wildman–Crippen MR) is 83.0 cm³/mol. The van der Waals surface area contributed by atoms with Gasteiger partial charge in [-0.05, 0) is 43.0 Å². The van der Waals surface area contributed by atoms with E-state index in [1.54, 1.807) is 14.2 Å². The maximum Gasteiger partial charge on any atom is 0.227 e. The van der Waals surface area contributed by atoms with Crippen molar-refractivity contribution in [3.63, 3.8) is 0 Å². The molecule has 0 atom stereocenters. The van der Waals surface area contributed by atoms with Crippen LogP contribution in [0.25, 0.3) is 0 Å². The summed E-state index contributed by atoms with van der Waals surface area (Å²) in [5.74, 6) is 1.61. The highest BCUT2D eigenvalue weighted by molar-refractivity contribution is 5.79. The van der Waals surface area contributed by atoms with Crippen molar-refractivity contribution in [1.82, 2.24) is 4.90 Å². The summed E-state index contributed by atoms with van der Waals surface area (Å²) in [5.41, 5.74) is 2.08. The summed E-state index contributed by atoms with van der Waals surface area (Å²) >= 11 is 0. The second-order valence-corrected chi connectivity index (χ2v) is 5.61. The smallest absolute Gasteiger partial charge is 0.227 e. The van der Waals surface area contributed by atoms with Crippen LogP contribution in [0, 0.1) is 6.92 Å². The number of carbonyl (C=O) groups excluding carboxylic acids is 1. The van der Waals surface area contributed by atoms with Gasteiger partial charge in [0.25, 0.3) is 0 Å². The third kappa shape index (κ3) is 3.90. The second-order valence-electron chi connectivity index (χ2n) is 5.61. The molecule has 1 fully saturated rings. The first kappa shape index (κ1) is 15.7. The summed E-state index contributed by atoms with van der Waals surface area (Å²) in [5, 5.41) is 0. The second kappa shape index (κ2) is 7.34. The molecule has 1 amide bonds. The number of hydrogen-bond donors (Lipinski definition) is 0. The molecular weight excluding hydrogens is 266 g/mol. The van der Waals surface area contributed by atoms with Crippen LogP contribution >= 0.6 is 0 Å². The van der Waals surface area contributed by atoms with Crippen molar-refractivity contribution in [1.29, 1.82) is 0 Å². The normalized spacial score (nSPS) is 15.5. The lowest BCUT2D eigenvalue weighted by atomic mass is 10.0. The first-order chi connectivity index (χ1) is 10.2. The fraction of sp³-hybridized carbons (Fsp3) is 0.588. The van der Waals surface area contributed by atoms with Crippen LogP contribution in [-0.2, 0) is 11.2 Å². The first-order valence-electron chi connectivity index (χ1n) is 7.65. The average Bonchev–Trinajstić information content (AvgIpc) is 2.78. The summed E-state index contributed by atoms with van der Waals surface area (Å²) in [7, 11) is 3.24. The zero-order chi connectivity index (χ0) is 15.2. The Bertz CT molecular complexity index is 491. The number of likely N-dealkylation sites (tertiary alicyclic amines) is 1. The van der Waals surface area contributed by atoms with Gasteiger partial charge in [-0.15, -0.1) is 0 Å². The maximum absolute atomic E-state index is 12.5. The van der Waals surface area contributed by atoms with Gasteiger partial charge in [0, 0.05) is 13.1 Å². The molecule has 1 aromatic rings. The van der Waals surface area contributed by atoms with Gasteiger partial charge < -0.3 is 14.4 Å². The van der Waals surface area contributed by atoms with Gasteiger partial charge in [0.1, 0.15) is 0 Å². The summed E-state index contributed by atoms with van der Waals surface area (Å²) in [4.78, 5) is 14.5. The van der Waals surface area contributed by atoms with Gasteiger partial charge in [-0.2, -0.15) is 0 Å². The third-order valence-corrected chi connectivity index (χ3v) is 4.14. The van der Waals surface area contributed by atoms with Crippen molar-refractivity contribution in [2.24, 2.45) is 0 Å². The van der Waals surface area contributed by atoms with E-state index >= 15 is 0 Å². The van der Waals surface area contributed by atoms with Crippen LogP contribution in [0.2, 0.25) is 0 Å². The zero-order valence-electron chi connectivity index (χ0n) is 13.3. The molecule has 1 aliphatic heterocycles. The Morgan fingerprint density at radius 3 is 2.19 bits per heavy atom. The molecule has 1 aliphatic rings. The number of nitrogens with zero attached hydrogens (tertiary/aromatic N) is 1. The molecule has 0 aliphatic carbocycles. The highest BCUT2D eigenvalue weighted by Crippen LogP contribution is 2.30. The van der Waals surface area contributed by atoms with E-state index in [1.807, 2.05) is 24.0 Å². The van der Waals surface area contributed by atoms with Crippen LogP contribution in [-0.4, -0.2) is 38.1 Å². The van der Waals surface area contributed by atoms with Gasteiger partial charge in [-0.25, -0.2) is 0 Å². The lowest BCUT2D eigenvalue weighted by molar-refractivity contribution is -0.130. The minimum atomic E-state index is 0.215. The SMILES string of the molecule is COc1cc(C)c(CC(=O)N2CCCCCC2)cc1OC. The molecule has 0 radical (unpaired) electrons. The Labute approximate surface area is 127 Å². The molecule has 1 heterocycles. The van der Waals surface area contributed by atoms with Crippen molar-refractivity contribution in [2.45, 2.75) is 39.0 Å². The summed E-state index contributed by atoms with van der Waals surface area (Å²) < 4.78 is 10.6. The molecule has 4 heteroatoms. The summed E-state index contributed by atoms with van der Waals surface area (Å²) in [6.45, 7) is 3.79. The molecule has 21 heavy (non-hydrogen) atoms. The molecule has 0 bridgehead atoms. The molecule has 4 nitrogen and oxygen atoms in total. The van der Waals surface area contributed by atoms with Crippen molar-refractivity contribution in [3.05, 3.63) is 23.3 Å². The molecule has 2 rings (SSSR count). The Balaban J connectivity index is 2.12. The van der Waals surface area contributed by atoms with Crippen LogP contribution in [0.4, 0.5) is 0 Å². The number of benzene rings is 1. The lowest BCUT2D eigenvalue weighted by Gasteiger charge is -2.21. The van der Waals surface area contributed by atoms with Crippen LogP contribution in [0.15, 0.2) is 12.1 Å². The fourth-order valence-corrected chi connectivity index (χ4v) is 2.81. The number of hydrogen-bond acceptors (Lipinski definition) is 3. The Kier molecular flexibility index (Phi) is 5.48. The van der Waals surface area contributed by atoms with Gasteiger partial charge in [0.2, 0.25) is 5.91 Å². The number of aryl methyl sites for hydroxylation is 1. The van der Waals surface area contributed by atoms with Gasteiger partial charge in [-0.1, -0.05) is 12.8 Å². The van der Waals surface area contributed by atoms with E-state index in [0.717, 1.165) is 37.1 Å². The van der Waals surface area contributed by atoms with Crippen molar-refractivity contribution in [2.75, 3.05) is 27.3 Å². The molecule has 116 valence electrons. The standard InChI is InChI=1S/C17H25NO3/c1-13-10-15(20-2)16(21-3)11-14(13)12-17(19)18-8-6-4-5-7-9-18/h10-11H,4-9,12H2,1-3H3. The summed E-state index contributed by atoms with van der Waals surface area (Å²) in [6.07, 6.45) is 5.15. The van der Waals surface area contributed by atoms with Crippen LogP contribution in [0.5, 0.6) is 11.5 Å². The Hall–Kier alpha value is -1.71.